The first-order valence-corrected chi connectivity index (χ1v) is 11.2. The second-order valence-corrected chi connectivity index (χ2v) is 8.32. The van der Waals surface area contributed by atoms with Gasteiger partial charge in [-0.15, -0.1) is 0 Å². The smallest absolute Gasteiger partial charge is 0.416 e. The molecular weight excluding hydrogens is 455 g/mol. The molecule has 0 spiro atoms. The van der Waals surface area contributed by atoms with Crippen molar-refractivity contribution in [2.75, 3.05) is 6.54 Å². The van der Waals surface area contributed by atoms with E-state index in [1.807, 2.05) is 24.3 Å². The molecule has 1 nitrogen and oxygen atoms in total. The molecule has 176 valence electrons. The van der Waals surface area contributed by atoms with E-state index in [0.717, 1.165) is 24.6 Å². The molecule has 0 radical (unpaired) electrons. The number of alkyl halides is 3. The van der Waals surface area contributed by atoms with Crippen molar-refractivity contribution in [2.45, 2.75) is 32.0 Å². The first-order chi connectivity index (χ1) is 15.9. The molecule has 0 amide bonds. The van der Waals surface area contributed by atoms with Crippen LogP contribution in [0.2, 0.25) is 0 Å². The minimum Gasteiger partial charge on any atom is -1.00 e. The lowest BCUT2D eigenvalue weighted by molar-refractivity contribution is -0.564. The molecule has 0 bridgehead atoms. The van der Waals surface area contributed by atoms with Gasteiger partial charge in [-0.2, -0.15) is 13.2 Å². The average molecular weight is 482 g/mol. The molecule has 4 aromatic rings. The number of hydrogen-bond acceptors (Lipinski definition) is 0. The van der Waals surface area contributed by atoms with E-state index in [-0.39, 0.29) is 18.4 Å². The van der Waals surface area contributed by atoms with Crippen molar-refractivity contribution in [3.8, 4) is 0 Å². The fourth-order valence-electron chi connectivity index (χ4n) is 4.26. The summed E-state index contributed by atoms with van der Waals surface area (Å²) in [6.07, 6.45) is -0.824. The molecule has 0 fully saturated rings. The third kappa shape index (κ3) is 6.27. The zero-order valence-corrected chi connectivity index (χ0v) is 19.7. The number of halogens is 4. The van der Waals surface area contributed by atoms with Crippen LogP contribution < -0.4 is 12.4 Å². The molecule has 0 saturated carbocycles. The Labute approximate surface area is 205 Å². The Morgan fingerprint density at radius 2 is 1.50 bits per heavy atom. The van der Waals surface area contributed by atoms with Gasteiger partial charge in [-0.3, -0.25) is 0 Å². The van der Waals surface area contributed by atoms with Crippen molar-refractivity contribution in [1.29, 1.82) is 0 Å². The lowest BCUT2D eigenvalue weighted by atomic mass is 9.99. The van der Waals surface area contributed by atoms with Crippen molar-refractivity contribution in [3.63, 3.8) is 0 Å². The fourth-order valence-corrected chi connectivity index (χ4v) is 4.26. The number of hydrogen-bond donors (Lipinski definition) is 0. The van der Waals surface area contributed by atoms with Crippen molar-refractivity contribution >= 4 is 17.0 Å². The van der Waals surface area contributed by atoms with Gasteiger partial charge in [-0.25, -0.2) is 4.58 Å². The Hall–Kier alpha value is -3.11. The van der Waals surface area contributed by atoms with Crippen LogP contribution in [-0.2, 0) is 12.6 Å². The van der Waals surface area contributed by atoms with Crippen LogP contribution in [-0.4, -0.2) is 17.3 Å². The summed E-state index contributed by atoms with van der Waals surface area (Å²) in [5, 5.41) is 2.42. The standard InChI is InChI=1S/C29H27F3N.ClH/c1-22(27-18-8-15-25-14-5-6-17-28(25)27)33(21-24-10-3-2-4-11-24)19-9-13-23-12-7-16-26(20-23)29(30,31)32;/h2-8,10-12,14-18,20-22H,9,13,19H2,1H3;1H/q+1;/p-1/t22-;/m1./s1. The Kier molecular flexibility index (Phi) is 8.51. The van der Waals surface area contributed by atoms with Crippen LogP contribution in [0.1, 0.15) is 41.6 Å². The Morgan fingerprint density at radius 1 is 0.824 bits per heavy atom. The van der Waals surface area contributed by atoms with Crippen LogP contribution in [0.4, 0.5) is 13.2 Å². The van der Waals surface area contributed by atoms with E-state index in [9.17, 15) is 13.2 Å². The Morgan fingerprint density at radius 3 is 2.26 bits per heavy atom. The zero-order valence-electron chi connectivity index (χ0n) is 19.0. The van der Waals surface area contributed by atoms with Gasteiger partial charge in [-0.05, 0) is 41.0 Å². The zero-order chi connectivity index (χ0) is 23.3. The summed E-state index contributed by atoms with van der Waals surface area (Å²) in [4.78, 5) is 0. The predicted molar refractivity (Wildman–Crippen MR) is 129 cm³/mol. The fraction of sp³-hybridized carbons (Fsp3) is 0.207. The topological polar surface area (TPSA) is 3.01 Å². The summed E-state index contributed by atoms with van der Waals surface area (Å²) in [5.41, 5.74) is 2.46. The number of rotatable bonds is 7. The van der Waals surface area contributed by atoms with Crippen LogP contribution in [0.15, 0.2) is 97.1 Å². The minimum atomic E-state index is -4.31. The van der Waals surface area contributed by atoms with Gasteiger partial charge >= 0.3 is 6.18 Å². The summed E-state index contributed by atoms with van der Waals surface area (Å²) in [6, 6.07) is 30.6. The molecule has 0 saturated heterocycles. The van der Waals surface area contributed by atoms with E-state index >= 15 is 0 Å². The van der Waals surface area contributed by atoms with Gasteiger partial charge in [0.15, 0.2) is 12.3 Å². The van der Waals surface area contributed by atoms with Gasteiger partial charge in [-0.1, -0.05) is 78.9 Å². The van der Waals surface area contributed by atoms with E-state index in [1.54, 1.807) is 6.07 Å². The second kappa shape index (κ2) is 11.3. The SMILES string of the molecule is C[C@H](c1cccc2ccccc12)[N+](=Cc1ccccc1)CCCc1cccc(C(F)(F)F)c1.[Cl-]. The number of benzene rings is 4. The maximum atomic E-state index is 13.1. The normalized spacial score (nSPS) is 12.9. The average Bonchev–Trinajstić information content (AvgIpc) is 2.83. The van der Waals surface area contributed by atoms with E-state index in [0.29, 0.717) is 12.0 Å². The number of aryl methyl sites for hydroxylation is 1. The molecule has 0 aromatic heterocycles. The molecule has 0 heterocycles. The summed E-state index contributed by atoms with van der Waals surface area (Å²) in [6.45, 7) is 2.92. The molecule has 4 aromatic carbocycles. The molecule has 1 atom stereocenters. The Balaban J connectivity index is 0.00000324. The number of nitrogens with zero attached hydrogens (tertiary/aromatic N) is 1. The minimum absolute atomic E-state index is 0. The molecule has 0 unspecified atom stereocenters. The predicted octanol–water partition coefficient (Wildman–Crippen LogP) is 4.69. The molecule has 4 rings (SSSR count). The van der Waals surface area contributed by atoms with E-state index in [1.165, 1.54) is 28.5 Å². The first kappa shape index (κ1) is 25.5. The van der Waals surface area contributed by atoms with E-state index < -0.39 is 11.7 Å². The van der Waals surface area contributed by atoms with Crippen LogP contribution in [0.5, 0.6) is 0 Å². The highest BCUT2D eigenvalue weighted by Gasteiger charge is 2.30. The first-order valence-electron chi connectivity index (χ1n) is 11.2. The van der Waals surface area contributed by atoms with Gasteiger partial charge in [0.25, 0.3) is 0 Å². The lowest BCUT2D eigenvalue weighted by Crippen LogP contribution is -3.00. The quantitative estimate of drug-likeness (QED) is 0.266. The molecular formula is C29H27ClF3N. The monoisotopic (exact) mass is 481 g/mol. The van der Waals surface area contributed by atoms with E-state index in [2.05, 4.69) is 66.2 Å². The summed E-state index contributed by atoms with van der Waals surface area (Å²) in [7, 11) is 0. The van der Waals surface area contributed by atoms with Crippen molar-refractivity contribution in [3.05, 3.63) is 119 Å². The van der Waals surface area contributed by atoms with Crippen molar-refractivity contribution in [1.82, 2.24) is 0 Å². The highest BCUT2D eigenvalue weighted by molar-refractivity contribution is 5.86. The molecule has 0 N–H and O–H groups in total. The van der Waals surface area contributed by atoms with Crippen LogP contribution in [0, 0.1) is 0 Å². The molecule has 34 heavy (non-hydrogen) atoms. The molecule has 0 aliphatic carbocycles. The summed E-state index contributed by atoms with van der Waals surface area (Å²) >= 11 is 0. The molecule has 0 aliphatic rings. The maximum Gasteiger partial charge on any atom is 0.416 e. The third-order valence-corrected chi connectivity index (χ3v) is 6.02. The third-order valence-electron chi connectivity index (χ3n) is 6.02. The largest absolute Gasteiger partial charge is 1.00 e. The molecule has 5 heteroatoms. The van der Waals surface area contributed by atoms with Gasteiger partial charge in [0.05, 0.1) is 5.56 Å². The maximum absolute atomic E-state index is 13.1. The van der Waals surface area contributed by atoms with Gasteiger partial charge in [0, 0.05) is 24.5 Å². The summed E-state index contributed by atoms with van der Waals surface area (Å²) in [5.74, 6) is 0. The van der Waals surface area contributed by atoms with Crippen molar-refractivity contribution < 1.29 is 30.2 Å². The highest BCUT2D eigenvalue weighted by atomic mass is 35.5. The highest BCUT2D eigenvalue weighted by Crippen LogP contribution is 2.30. The van der Waals surface area contributed by atoms with Gasteiger partial charge in [0.2, 0.25) is 0 Å². The second-order valence-electron chi connectivity index (χ2n) is 8.32. The van der Waals surface area contributed by atoms with Gasteiger partial charge in [0.1, 0.15) is 6.54 Å². The summed E-state index contributed by atoms with van der Waals surface area (Å²) < 4.78 is 41.5. The van der Waals surface area contributed by atoms with Gasteiger partial charge < -0.3 is 12.4 Å². The van der Waals surface area contributed by atoms with Crippen molar-refractivity contribution in [2.24, 2.45) is 0 Å². The van der Waals surface area contributed by atoms with Crippen LogP contribution in [0.25, 0.3) is 10.8 Å². The number of fused-ring (bicyclic) bond motifs is 1. The van der Waals surface area contributed by atoms with Crippen LogP contribution >= 0.6 is 0 Å². The molecule has 0 aliphatic heterocycles. The van der Waals surface area contributed by atoms with Crippen LogP contribution in [0.3, 0.4) is 0 Å². The van der Waals surface area contributed by atoms with E-state index in [4.69, 9.17) is 0 Å². The Bertz CT molecular complexity index is 1240. The lowest BCUT2D eigenvalue weighted by Gasteiger charge is -2.15.